The minimum Gasteiger partial charge on any atom is -0.222 e. The molecule has 0 bridgehead atoms. The highest BCUT2D eigenvalue weighted by atomic mass is 16.1. The van der Waals surface area contributed by atoms with Crippen molar-refractivity contribution in [1.82, 2.24) is 0 Å². The first-order chi connectivity index (χ1) is 9.76. The highest BCUT2D eigenvalue weighted by molar-refractivity contribution is 5.98. The van der Waals surface area contributed by atoms with E-state index < -0.39 is 0 Å². The molecule has 0 atom stereocenters. The van der Waals surface area contributed by atoms with Crippen LogP contribution in [0.15, 0.2) is 60.7 Å². The maximum Gasteiger partial charge on any atom is 0.231 e. The predicted molar refractivity (Wildman–Crippen MR) is 78.3 cm³/mol. The minimum atomic E-state index is 0.750. The van der Waals surface area contributed by atoms with Crippen LogP contribution in [0.1, 0.15) is 0 Å². The van der Waals surface area contributed by atoms with Crippen LogP contribution in [0.25, 0.3) is 21.5 Å². The van der Waals surface area contributed by atoms with Crippen LogP contribution in [0.5, 0.6) is 0 Å². The number of hydrogen-bond donors (Lipinski definition) is 2. The standard InChI is InChI=1S/C14H10.2CHNO/c1-2-6-12-10-14-8-4-3-7-13(14)9-11(12)5-1;2*2-1-3/h1-10H;2*2H. The number of hydrogen-bond acceptors (Lipinski definition) is 4. The molecule has 0 heterocycles. The lowest BCUT2D eigenvalue weighted by Gasteiger charge is -2.00. The molecule has 0 saturated carbocycles. The topological polar surface area (TPSA) is 81.8 Å². The number of nitrogens with one attached hydrogen (secondary N) is 2. The molecule has 4 heteroatoms. The van der Waals surface area contributed by atoms with Gasteiger partial charge in [0.1, 0.15) is 0 Å². The highest BCUT2D eigenvalue weighted by Crippen LogP contribution is 2.21. The second kappa shape index (κ2) is 8.11. The van der Waals surface area contributed by atoms with Crippen LogP contribution >= 0.6 is 0 Å². The molecular formula is C16H12N2O2. The lowest BCUT2D eigenvalue weighted by molar-refractivity contribution is 0.562. The van der Waals surface area contributed by atoms with Gasteiger partial charge in [-0.15, -0.1) is 0 Å². The summed E-state index contributed by atoms with van der Waals surface area (Å²) >= 11 is 0. The summed E-state index contributed by atoms with van der Waals surface area (Å²) in [5, 5.41) is 16.1. The van der Waals surface area contributed by atoms with Crippen molar-refractivity contribution in [3.8, 4) is 0 Å². The molecule has 3 aromatic carbocycles. The van der Waals surface area contributed by atoms with Crippen LogP contribution in [0.3, 0.4) is 0 Å². The van der Waals surface area contributed by atoms with Crippen molar-refractivity contribution < 1.29 is 9.59 Å². The Morgan fingerprint density at radius 3 is 1.00 bits per heavy atom. The maximum absolute atomic E-state index is 8.35. The molecule has 0 saturated heterocycles. The molecule has 0 radical (unpaired) electrons. The van der Waals surface area contributed by atoms with Gasteiger partial charge in [0, 0.05) is 0 Å². The smallest absolute Gasteiger partial charge is 0.222 e. The van der Waals surface area contributed by atoms with Gasteiger partial charge in [-0.3, -0.25) is 0 Å². The average Bonchev–Trinajstić information content (AvgIpc) is 2.47. The van der Waals surface area contributed by atoms with E-state index in [1.54, 1.807) is 0 Å². The number of benzene rings is 3. The van der Waals surface area contributed by atoms with Crippen molar-refractivity contribution >= 4 is 33.7 Å². The van der Waals surface area contributed by atoms with Crippen molar-refractivity contribution in [3.05, 3.63) is 60.7 Å². The SMILES string of the molecule is N=C=O.N=C=O.c1ccc2cc3ccccc3cc2c1. The van der Waals surface area contributed by atoms with Crippen LogP contribution in [-0.2, 0) is 9.59 Å². The zero-order valence-corrected chi connectivity index (χ0v) is 10.6. The van der Waals surface area contributed by atoms with Crippen LogP contribution in [0.2, 0.25) is 0 Å². The quantitative estimate of drug-likeness (QED) is 0.368. The van der Waals surface area contributed by atoms with Gasteiger partial charge in [0.2, 0.25) is 12.2 Å². The molecule has 2 N–H and O–H groups in total. The zero-order valence-electron chi connectivity index (χ0n) is 10.6. The van der Waals surface area contributed by atoms with Gasteiger partial charge in [-0.25, -0.2) is 20.4 Å². The van der Waals surface area contributed by atoms with Gasteiger partial charge in [-0.1, -0.05) is 48.5 Å². The number of carbonyl (C=O) groups excluding carboxylic acids is 2. The minimum absolute atomic E-state index is 0.750. The number of rotatable bonds is 0. The molecule has 0 fully saturated rings. The summed E-state index contributed by atoms with van der Waals surface area (Å²) in [4.78, 5) is 16.7. The van der Waals surface area contributed by atoms with E-state index in [-0.39, 0.29) is 0 Å². The predicted octanol–water partition coefficient (Wildman–Crippen LogP) is 3.79. The molecule has 98 valence electrons. The highest BCUT2D eigenvalue weighted by Gasteiger charge is 1.95. The molecule has 0 aromatic heterocycles. The zero-order chi connectivity index (χ0) is 14.8. The fraction of sp³-hybridized carbons (Fsp3) is 0. The fourth-order valence-electron chi connectivity index (χ4n) is 1.88. The second-order valence-electron chi connectivity index (χ2n) is 3.75. The van der Waals surface area contributed by atoms with Crippen molar-refractivity contribution in [3.63, 3.8) is 0 Å². The Morgan fingerprint density at radius 2 is 0.800 bits per heavy atom. The van der Waals surface area contributed by atoms with Gasteiger partial charge in [0.05, 0.1) is 0 Å². The first-order valence-corrected chi connectivity index (χ1v) is 5.72. The van der Waals surface area contributed by atoms with E-state index in [1.165, 1.54) is 21.5 Å². The van der Waals surface area contributed by atoms with Crippen LogP contribution < -0.4 is 0 Å². The molecule has 0 amide bonds. The molecule has 0 aliphatic rings. The maximum atomic E-state index is 8.35. The van der Waals surface area contributed by atoms with E-state index in [4.69, 9.17) is 20.4 Å². The molecule has 20 heavy (non-hydrogen) atoms. The Kier molecular flexibility index (Phi) is 6.09. The normalized spacial score (nSPS) is 8.40. The molecule has 0 spiro atoms. The van der Waals surface area contributed by atoms with Gasteiger partial charge in [-0.05, 0) is 33.7 Å². The summed E-state index contributed by atoms with van der Waals surface area (Å²) in [6.07, 6.45) is 1.50. The van der Waals surface area contributed by atoms with Crippen molar-refractivity contribution in [2.75, 3.05) is 0 Å². The summed E-state index contributed by atoms with van der Waals surface area (Å²) in [5.74, 6) is 0. The molecule has 4 nitrogen and oxygen atoms in total. The number of isocyanates is 2. The van der Waals surface area contributed by atoms with E-state index >= 15 is 0 Å². The average molecular weight is 264 g/mol. The van der Waals surface area contributed by atoms with E-state index in [0.717, 1.165) is 12.2 Å². The van der Waals surface area contributed by atoms with Gasteiger partial charge < -0.3 is 0 Å². The Morgan fingerprint density at radius 1 is 0.600 bits per heavy atom. The van der Waals surface area contributed by atoms with Gasteiger partial charge >= 0.3 is 0 Å². The van der Waals surface area contributed by atoms with E-state index in [0.29, 0.717) is 0 Å². The monoisotopic (exact) mass is 264 g/mol. The Labute approximate surface area is 115 Å². The Balaban J connectivity index is 0.000000290. The second-order valence-corrected chi connectivity index (χ2v) is 3.75. The van der Waals surface area contributed by atoms with E-state index in [2.05, 4.69) is 60.7 Å². The Bertz CT molecular complexity index is 652. The van der Waals surface area contributed by atoms with Gasteiger partial charge in [0.15, 0.2) is 0 Å². The van der Waals surface area contributed by atoms with Crippen LogP contribution in [0, 0.1) is 10.8 Å². The Hall–Kier alpha value is -3.06. The molecule has 0 unspecified atom stereocenters. The van der Waals surface area contributed by atoms with Crippen LogP contribution in [0.4, 0.5) is 0 Å². The molecular weight excluding hydrogens is 252 g/mol. The lowest BCUT2D eigenvalue weighted by Crippen LogP contribution is -1.74. The van der Waals surface area contributed by atoms with E-state index in [1.807, 2.05) is 0 Å². The summed E-state index contributed by atoms with van der Waals surface area (Å²) in [5.41, 5.74) is 0. The largest absolute Gasteiger partial charge is 0.231 e. The number of fused-ring (bicyclic) bond motifs is 2. The molecule has 0 aliphatic carbocycles. The first kappa shape index (κ1) is 15.0. The third-order valence-electron chi connectivity index (χ3n) is 2.61. The summed E-state index contributed by atoms with van der Waals surface area (Å²) in [6, 6.07) is 21.4. The van der Waals surface area contributed by atoms with Gasteiger partial charge in [-0.2, -0.15) is 0 Å². The summed E-state index contributed by atoms with van der Waals surface area (Å²) in [6.45, 7) is 0. The summed E-state index contributed by atoms with van der Waals surface area (Å²) in [7, 11) is 0. The fourth-order valence-corrected chi connectivity index (χ4v) is 1.88. The molecule has 3 aromatic rings. The van der Waals surface area contributed by atoms with Crippen molar-refractivity contribution in [1.29, 1.82) is 10.8 Å². The van der Waals surface area contributed by atoms with E-state index in [9.17, 15) is 0 Å². The third kappa shape index (κ3) is 4.00. The first-order valence-electron chi connectivity index (χ1n) is 5.72. The van der Waals surface area contributed by atoms with Gasteiger partial charge in [0.25, 0.3) is 0 Å². The lowest BCUT2D eigenvalue weighted by atomic mass is 10.0. The van der Waals surface area contributed by atoms with Crippen molar-refractivity contribution in [2.24, 2.45) is 0 Å². The summed E-state index contributed by atoms with van der Waals surface area (Å²) < 4.78 is 0. The third-order valence-corrected chi connectivity index (χ3v) is 2.61. The van der Waals surface area contributed by atoms with Crippen LogP contribution in [-0.4, -0.2) is 12.2 Å². The molecule has 0 aliphatic heterocycles. The molecule has 3 rings (SSSR count). The van der Waals surface area contributed by atoms with Crippen molar-refractivity contribution in [2.45, 2.75) is 0 Å².